The van der Waals surface area contributed by atoms with Crippen molar-refractivity contribution < 1.29 is 0 Å². The quantitative estimate of drug-likeness (QED) is 0.723. The average molecular weight is 201 g/mol. The van der Waals surface area contributed by atoms with Crippen molar-refractivity contribution in [1.29, 1.82) is 0 Å². The number of nitrogens with one attached hydrogen (secondary N) is 1. The Balaban J connectivity index is 2.14. The lowest BCUT2D eigenvalue weighted by atomic mass is 9.99. The molecule has 1 aromatic rings. The predicted molar refractivity (Wildman–Crippen MR) is 60.2 cm³/mol. The Labute approximate surface area is 90.5 Å². The van der Waals surface area contributed by atoms with Gasteiger partial charge in [0.05, 0.1) is 0 Å². The smallest absolute Gasteiger partial charge is 0.0428 e. The molecule has 0 aromatic carbocycles. The van der Waals surface area contributed by atoms with Gasteiger partial charge in [0.25, 0.3) is 0 Å². The Hall–Kier alpha value is -1.37. The van der Waals surface area contributed by atoms with Gasteiger partial charge in [0, 0.05) is 37.0 Å². The summed E-state index contributed by atoms with van der Waals surface area (Å²) in [7, 11) is 1.96. The highest BCUT2D eigenvalue weighted by Crippen LogP contribution is 2.25. The molecule has 0 amide bonds. The van der Waals surface area contributed by atoms with Gasteiger partial charge in [-0.15, -0.1) is 6.42 Å². The summed E-state index contributed by atoms with van der Waals surface area (Å²) in [4.78, 5) is 4.17. The van der Waals surface area contributed by atoms with E-state index in [1.807, 2.05) is 13.2 Å². The van der Waals surface area contributed by atoms with Gasteiger partial charge in [-0.2, -0.15) is 0 Å². The van der Waals surface area contributed by atoms with Crippen LogP contribution in [0.1, 0.15) is 23.5 Å². The molecule has 0 spiro atoms. The van der Waals surface area contributed by atoms with Gasteiger partial charge in [0.2, 0.25) is 0 Å². The van der Waals surface area contributed by atoms with Crippen LogP contribution in [0.2, 0.25) is 0 Å². The molecule has 3 nitrogen and oxygen atoms in total. The summed E-state index contributed by atoms with van der Waals surface area (Å²) < 4.78 is 0. The SMILES string of the molecule is C#Cc1cncc([C@H]2CCN(NC)C2)c1. The van der Waals surface area contributed by atoms with Crippen LogP contribution >= 0.6 is 0 Å². The van der Waals surface area contributed by atoms with Crippen molar-refractivity contribution in [2.75, 3.05) is 20.1 Å². The number of aromatic nitrogens is 1. The molecular formula is C12H15N3. The molecule has 2 heterocycles. The van der Waals surface area contributed by atoms with Crippen molar-refractivity contribution in [2.45, 2.75) is 12.3 Å². The third kappa shape index (κ3) is 2.17. The first-order valence-electron chi connectivity index (χ1n) is 5.17. The fraction of sp³-hybridized carbons (Fsp3) is 0.417. The van der Waals surface area contributed by atoms with E-state index in [1.54, 1.807) is 6.20 Å². The zero-order valence-corrected chi connectivity index (χ0v) is 8.90. The van der Waals surface area contributed by atoms with Crippen molar-refractivity contribution in [3.63, 3.8) is 0 Å². The van der Waals surface area contributed by atoms with Gasteiger partial charge >= 0.3 is 0 Å². The number of hydrogen-bond donors (Lipinski definition) is 1. The summed E-state index contributed by atoms with van der Waals surface area (Å²) >= 11 is 0. The minimum Gasteiger partial charge on any atom is -0.263 e. The lowest BCUT2D eigenvalue weighted by molar-refractivity contribution is 0.258. The highest BCUT2D eigenvalue weighted by Gasteiger charge is 2.22. The van der Waals surface area contributed by atoms with Gasteiger partial charge in [-0.25, -0.2) is 5.01 Å². The number of pyridine rings is 1. The summed E-state index contributed by atoms with van der Waals surface area (Å²) in [5.41, 5.74) is 5.29. The maximum absolute atomic E-state index is 5.36. The normalized spacial score (nSPS) is 21.5. The van der Waals surface area contributed by atoms with Crippen LogP contribution in [0, 0.1) is 12.3 Å². The van der Waals surface area contributed by atoms with Crippen molar-refractivity contribution in [2.24, 2.45) is 0 Å². The molecule has 0 saturated carbocycles. The van der Waals surface area contributed by atoms with Crippen molar-refractivity contribution in [3.05, 3.63) is 29.6 Å². The second-order valence-corrected chi connectivity index (χ2v) is 3.81. The van der Waals surface area contributed by atoms with Crippen LogP contribution in [0.3, 0.4) is 0 Å². The van der Waals surface area contributed by atoms with Gasteiger partial charge in [-0.3, -0.25) is 10.4 Å². The molecule has 0 radical (unpaired) electrons. The molecule has 1 aromatic heterocycles. The molecule has 1 aliphatic heterocycles. The fourth-order valence-corrected chi connectivity index (χ4v) is 2.00. The van der Waals surface area contributed by atoms with E-state index in [2.05, 4.69) is 27.4 Å². The molecule has 3 heteroatoms. The Kier molecular flexibility index (Phi) is 3.00. The van der Waals surface area contributed by atoms with E-state index in [0.29, 0.717) is 5.92 Å². The average Bonchev–Trinajstić information content (AvgIpc) is 2.78. The Bertz CT molecular complexity index is 381. The molecule has 1 atom stereocenters. The van der Waals surface area contributed by atoms with Crippen molar-refractivity contribution >= 4 is 0 Å². The lowest BCUT2D eigenvalue weighted by Crippen LogP contribution is -2.32. The molecule has 78 valence electrons. The zero-order chi connectivity index (χ0) is 10.7. The maximum Gasteiger partial charge on any atom is 0.0428 e. The van der Waals surface area contributed by atoms with Gasteiger partial charge in [-0.05, 0) is 25.1 Å². The zero-order valence-electron chi connectivity index (χ0n) is 8.90. The molecular weight excluding hydrogens is 186 g/mol. The van der Waals surface area contributed by atoms with E-state index >= 15 is 0 Å². The monoisotopic (exact) mass is 201 g/mol. The molecule has 0 bridgehead atoms. The van der Waals surface area contributed by atoms with E-state index in [9.17, 15) is 0 Å². The van der Waals surface area contributed by atoms with Crippen LogP contribution in [0.4, 0.5) is 0 Å². The minimum absolute atomic E-state index is 0.554. The summed E-state index contributed by atoms with van der Waals surface area (Å²) in [5, 5.41) is 2.22. The van der Waals surface area contributed by atoms with E-state index in [4.69, 9.17) is 6.42 Å². The predicted octanol–water partition coefficient (Wildman–Crippen LogP) is 0.987. The highest BCUT2D eigenvalue weighted by molar-refractivity contribution is 5.33. The summed E-state index contributed by atoms with van der Waals surface area (Å²) in [5.74, 6) is 3.18. The van der Waals surface area contributed by atoms with E-state index in [0.717, 1.165) is 25.1 Å². The van der Waals surface area contributed by atoms with Crippen LogP contribution in [0.5, 0.6) is 0 Å². The molecule has 1 fully saturated rings. The van der Waals surface area contributed by atoms with Gasteiger partial charge in [-0.1, -0.05) is 5.92 Å². The molecule has 1 aliphatic rings. The number of hydrazine groups is 1. The summed E-state index contributed by atoms with van der Waals surface area (Å²) in [6.45, 7) is 2.12. The van der Waals surface area contributed by atoms with Crippen LogP contribution in [0.25, 0.3) is 0 Å². The van der Waals surface area contributed by atoms with Crippen LogP contribution in [-0.4, -0.2) is 30.1 Å². The molecule has 0 aliphatic carbocycles. The van der Waals surface area contributed by atoms with Crippen LogP contribution in [0.15, 0.2) is 18.5 Å². The third-order valence-corrected chi connectivity index (χ3v) is 2.90. The second-order valence-electron chi connectivity index (χ2n) is 3.81. The standard InChI is InChI=1S/C12H15N3/c1-3-10-6-12(8-14-7-10)11-4-5-15(9-11)13-2/h1,6-8,11,13H,4-5,9H2,2H3/t11-/m0/s1. The molecule has 0 unspecified atom stereocenters. The first-order valence-corrected chi connectivity index (χ1v) is 5.17. The molecule has 15 heavy (non-hydrogen) atoms. The van der Waals surface area contributed by atoms with Gasteiger partial charge < -0.3 is 0 Å². The lowest BCUT2D eigenvalue weighted by Gasteiger charge is -2.14. The largest absolute Gasteiger partial charge is 0.263 e. The number of nitrogens with zero attached hydrogens (tertiary/aromatic N) is 2. The van der Waals surface area contributed by atoms with E-state index in [-0.39, 0.29) is 0 Å². The van der Waals surface area contributed by atoms with E-state index < -0.39 is 0 Å². The first-order chi connectivity index (χ1) is 7.33. The highest BCUT2D eigenvalue weighted by atomic mass is 15.5. The van der Waals surface area contributed by atoms with Gasteiger partial charge in [0.1, 0.15) is 0 Å². The second kappa shape index (κ2) is 4.43. The Morgan fingerprint density at radius 3 is 3.13 bits per heavy atom. The molecule has 1 N–H and O–H groups in total. The summed E-state index contributed by atoms with van der Waals surface area (Å²) in [6.07, 6.45) is 10.2. The molecule has 2 rings (SSSR count). The van der Waals surface area contributed by atoms with Crippen LogP contribution < -0.4 is 5.43 Å². The van der Waals surface area contributed by atoms with Gasteiger partial charge in [0.15, 0.2) is 0 Å². The van der Waals surface area contributed by atoms with Crippen molar-refractivity contribution in [1.82, 2.24) is 15.4 Å². The first kappa shape index (κ1) is 10.2. The summed E-state index contributed by atoms with van der Waals surface area (Å²) in [6, 6.07) is 2.07. The minimum atomic E-state index is 0.554. The maximum atomic E-state index is 5.36. The topological polar surface area (TPSA) is 28.2 Å². The number of hydrogen-bond acceptors (Lipinski definition) is 3. The third-order valence-electron chi connectivity index (χ3n) is 2.90. The number of rotatable bonds is 2. The fourth-order valence-electron chi connectivity index (χ4n) is 2.00. The number of terminal acetylenes is 1. The van der Waals surface area contributed by atoms with Crippen LogP contribution in [-0.2, 0) is 0 Å². The molecule has 1 saturated heterocycles. The Morgan fingerprint density at radius 1 is 1.60 bits per heavy atom. The Morgan fingerprint density at radius 2 is 2.47 bits per heavy atom. The van der Waals surface area contributed by atoms with Crippen molar-refractivity contribution in [3.8, 4) is 12.3 Å². The van der Waals surface area contributed by atoms with E-state index in [1.165, 1.54) is 5.56 Å².